The van der Waals surface area contributed by atoms with E-state index in [0.29, 0.717) is 0 Å². The highest BCUT2D eigenvalue weighted by Crippen LogP contribution is 2.13. The highest BCUT2D eigenvalue weighted by molar-refractivity contribution is 5.14. The van der Waals surface area contributed by atoms with Crippen LogP contribution >= 0.6 is 0 Å². The molecule has 1 aliphatic rings. The third kappa shape index (κ3) is 5.19. The van der Waals surface area contributed by atoms with Gasteiger partial charge in [0, 0.05) is 12.6 Å². The molecule has 0 amide bonds. The van der Waals surface area contributed by atoms with Crippen LogP contribution in [0.4, 0.5) is 0 Å². The number of likely N-dealkylation sites (tertiary alicyclic amines) is 1. The Morgan fingerprint density at radius 3 is 2.50 bits per heavy atom. The molecule has 1 aromatic carbocycles. The third-order valence-corrected chi connectivity index (χ3v) is 3.48. The number of hydrogen-bond donors (Lipinski definition) is 1. The molecule has 1 saturated heterocycles. The zero-order valence-corrected chi connectivity index (χ0v) is 12.2. The van der Waals surface area contributed by atoms with Gasteiger partial charge < -0.3 is 5.32 Å². The molecule has 0 radical (unpaired) electrons. The Morgan fingerprint density at radius 1 is 1.11 bits per heavy atom. The Labute approximate surface area is 112 Å². The molecule has 1 aliphatic heterocycles. The summed E-state index contributed by atoms with van der Waals surface area (Å²) in [6.45, 7) is 7.57. The smallest absolute Gasteiger partial charge is 0.0233 e. The van der Waals surface area contributed by atoms with E-state index >= 15 is 0 Å². The second-order valence-electron chi connectivity index (χ2n) is 4.68. The Morgan fingerprint density at radius 2 is 1.83 bits per heavy atom. The van der Waals surface area contributed by atoms with Gasteiger partial charge >= 0.3 is 0 Å². The van der Waals surface area contributed by atoms with Crippen LogP contribution in [0.25, 0.3) is 0 Å². The highest BCUT2D eigenvalue weighted by Gasteiger charge is 2.15. The highest BCUT2D eigenvalue weighted by atomic mass is 15.1. The molecule has 0 aromatic heterocycles. The number of rotatable bonds is 3. The maximum absolute atomic E-state index is 3.40. The van der Waals surface area contributed by atoms with E-state index in [4.69, 9.17) is 0 Å². The molecular formula is C16H28N2. The Bertz CT molecular complexity index is 297. The van der Waals surface area contributed by atoms with Crippen LogP contribution in [0.15, 0.2) is 30.3 Å². The summed E-state index contributed by atoms with van der Waals surface area (Å²) in [5.41, 5.74) is 1.44. The fourth-order valence-corrected chi connectivity index (χ4v) is 2.44. The Balaban J connectivity index is 0.000000771. The van der Waals surface area contributed by atoms with Gasteiger partial charge in [-0.2, -0.15) is 0 Å². The van der Waals surface area contributed by atoms with Crippen LogP contribution in [0, 0.1) is 0 Å². The topological polar surface area (TPSA) is 15.3 Å². The molecule has 2 rings (SSSR count). The molecule has 18 heavy (non-hydrogen) atoms. The van der Waals surface area contributed by atoms with Gasteiger partial charge in [0.1, 0.15) is 0 Å². The molecule has 0 aliphatic carbocycles. The van der Waals surface area contributed by atoms with Gasteiger partial charge in [0.15, 0.2) is 0 Å². The molecule has 2 heteroatoms. The van der Waals surface area contributed by atoms with Crippen molar-refractivity contribution in [1.82, 2.24) is 10.2 Å². The van der Waals surface area contributed by atoms with Gasteiger partial charge in [-0.15, -0.1) is 0 Å². The van der Waals surface area contributed by atoms with Crippen molar-refractivity contribution >= 4 is 0 Å². The third-order valence-electron chi connectivity index (χ3n) is 3.48. The summed E-state index contributed by atoms with van der Waals surface area (Å²) in [4.78, 5) is 2.58. The van der Waals surface area contributed by atoms with Gasteiger partial charge in [0.05, 0.1) is 0 Å². The van der Waals surface area contributed by atoms with E-state index in [-0.39, 0.29) is 0 Å². The molecule has 1 fully saturated rings. The van der Waals surface area contributed by atoms with Crippen molar-refractivity contribution in [3.63, 3.8) is 0 Å². The van der Waals surface area contributed by atoms with E-state index in [1.807, 2.05) is 13.8 Å². The first-order valence-electron chi connectivity index (χ1n) is 7.32. The maximum Gasteiger partial charge on any atom is 0.0233 e. The average Bonchev–Trinajstić information content (AvgIpc) is 2.67. The lowest BCUT2D eigenvalue weighted by molar-refractivity contribution is 0.274. The van der Waals surface area contributed by atoms with Gasteiger partial charge in [-0.05, 0) is 45.0 Å². The van der Waals surface area contributed by atoms with E-state index in [2.05, 4.69) is 47.6 Å². The molecule has 1 heterocycles. The molecule has 1 aromatic rings. The number of nitrogens with zero attached hydrogens (tertiary/aromatic N) is 1. The molecule has 1 unspecified atom stereocenters. The summed E-state index contributed by atoms with van der Waals surface area (Å²) in [5.74, 6) is 0. The molecule has 0 spiro atoms. The van der Waals surface area contributed by atoms with Gasteiger partial charge in [-0.3, -0.25) is 4.90 Å². The predicted octanol–water partition coefficient (Wildman–Crippen LogP) is 3.29. The lowest BCUT2D eigenvalue weighted by Crippen LogP contribution is -2.28. The summed E-state index contributed by atoms with van der Waals surface area (Å²) in [6, 6.07) is 11.5. The summed E-state index contributed by atoms with van der Waals surface area (Å²) >= 11 is 0. The number of nitrogens with one attached hydrogen (secondary N) is 1. The van der Waals surface area contributed by atoms with Crippen LogP contribution in [-0.2, 0) is 6.54 Å². The zero-order valence-electron chi connectivity index (χ0n) is 12.2. The van der Waals surface area contributed by atoms with Crippen LogP contribution in [-0.4, -0.2) is 31.1 Å². The van der Waals surface area contributed by atoms with E-state index < -0.39 is 0 Å². The fourth-order valence-electron chi connectivity index (χ4n) is 2.44. The molecule has 2 nitrogen and oxygen atoms in total. The predicted molar refractivity (Wildman–Crippen MR) is 79.8 cm³/mol. The second-order valence-corrected chi connectivity index (χ2v) is 4.68. The quantitative estimate of drug-likeness (QED) is 0.883. The van der Waals surface area contributed by atoms with Crippen LogP contribution < -0.4 is 5.32 Å². The summed E-state index contributed by atoms with van der Waals surface area (Å²) in [6.07, 6.45) is 3.92. The minimum Gasteiger partial charge on any atom is -0.317 e. The monoisotopic (exact) mass is 248 g/mol. The zero-order chi connectivity index (χ0) is 13.2. The standard InChI is InChI=1S/C14H22N2.C2H6/c1-15-14-8-5-10-16(11-9-14)12-13-6-3-2-4-7-13;1-2/h2-4,6-7,14-15H,5,8-12H2,1H3;1-2H3. The largest absolute Gasteiger partial charge is 0.317 e. The summed E-state index contributed by atoms with van der Waals surface area (Å²) < 4.78 is 0. The van der Waals surface area contributed by atoms with Crippen LogP contribution in [0.5, 0.6) is 0 Å². The van der Waals surface area contributed by atoms with Gasteiger partial charge in [-0.25, -0.2) is 0 Å². The summed E-state index contributed by atoms with van der Waals surface area (Å²) in [5, 5.41) is 3.40. The first-order valence-corrected chi connectivity index (χ1v) is 7.32. The Hall–Kier alpha value is -0.860. The van der Waals surface area contributed by atoms with Gasteiger partial charge in [0.2, 0.25) is 0 Å². The van der Waals surface area contributed by atoms with Crippen molar-refractivity contribution < 1.29 is 0 Å². The molecule has 0 saturated carbocycles. The van der Waals surface area contributed by atoms with E-state index in [1.54, 1.807) is 0 Å². The van der Waals surface area contributed by atoms with Gasteiger partial charge in [0.25, 0.3) is 0 Å². The van der Waals surface area contributed by atoms with Crippen molar-refractivity contribution in [2.75, 3.05) is 20.1 Å². The molecule has 102 valence electrons. The molecule has 1 N–H and O–H groups in total. The fraction of sp³-hybridized carbons (Fsp3) is 0.625. The number of benzene rings is 1. The lowest BCUT2D eigenvalue weighted by Gasteiger charge is -2.20. The van der Waals surface area contributed by atoms with Crippen molar-refractivity contribution in [2.45, 2.75) is 45.7 Å². The molecular weight excluding hydrogens is 220 g/mol. The minimum absolute atomic E-state index is 0.723. The van der Waals surface area contributed by atoms with Crippen LogP contribution in [0.3, 0.4) is 0 Å². The van der Waals surface area contributed by atoms with Crippen LogP contribution in [0.1, 0.15) is 38.7 Å². The van der Waals surface area contributed by atoms with Gasteiger partial charge in [-0.1, -0.05) is 44.2 Å². The van der Waals surface area contributed by atoms with Crippen LogP contribution in [0.2, 0.25) is 0 Å². The summed E-state index contributed by atoms with van der Waals surface area (Å²) in [7, 11) is 2.08. The minimum atomic E-state index is 0.723. The van der Waals surface area contributed by atoms with Crippen molar-refractivity contribution in [2.24, 2.45) is 0 Å². The second kappa shape index (κ2) is 9.12. The lowest BCUT2D eigenvalue weighted by atomic mass is 10.1. The molecule has 1 atom stereocenters. The average molecular weight is 248 g/mol. The number of hydrogen-bond acceptors (Lipinski definition) is 2. The van der Waals surface area contributed by atoms with Crippen molar-refractivity contribution in [3.05, 3.63) is 35.9 Å². The first-order chi connectivity index (χ1) is 8.88. The Kier molecular flexibility index (Phi) is 7.70. The van der Waals surface area contributed by atoms with Crippen molar-refractivity contribution in [3.8, 4) is 0 Å². The molecule has 0 bridgehead atoms. The van der Waals surface area contributed by atoms with E-state index in [9.17, 15) is 0 Å². The van der Waals surface area contributed by atoms with E-state index in [0.717, 1.165) is 12.6 Å². The normalized spacial score (nSPS) is 20.7. The first kappa shape index (κ1) is 15.2. The van der Waals surface area contributed by atoms with E-state index in [1.165, 1.54) is 37.9 Å². The van der Waals surface area contributed by atoms with Crippen molar-refractivity contribution in [1.29, 1.82) is 0 Å². The maximum atomic E-state index is 3.40. The SMILES string of the molecule is CC.CNC1CCCN(Cc2ccccc2)CC1.